The molecule has 4 nitrogen and oxygen atoms in total. The highest BCUT2D eigenvalue weighted by atomic mass is 15.1. The van der Waals surface area contributed by atoms with Gasteiger partial charge in [-0.05, 0) is 127 Å². The van der Waals surface area contributed by atoms with Gasteiger partial charge in [0, 0.05) is 73.0 Å². The van der Waals surface area contributed by atoms with E-state index in [1.807, 2.05) is 0 Å². The molecule has 0 saturated heterocycles. The summed E-state index contributed by atoms with van der Waals surface area (Å²) in [6, 6.07) is 48.9. The van der Waals surface area contributed by atoms with Crippen LogP contribution in [0.15, 0.2) is 177 Å². The lowest BCUT2D eigenvalue weighted by atomic mass is 9.92. The first-order valence-electron chi connectivity index (χ1n) is 20.8. The summed E-state index contributed by atoms with van der Waals surface area (Å²) in [5.41, 5.74) is 18.2. The van der Waals surface area contributed by atoms with Gasteiger partial charge in [0.15, 0.2) is 0 Å². The maximum atomic E-state index is 4.66. The minimum Gasteiger partial charge on any atom is -0.317 e. The number of anilines is 2. The van der Waals surface area contributed by atoms with Gasteiger partial charge >= 0.3 is 0 Å². The van der Waals surface area contributed by atoms with Crippen molar-refractivity contribution in [3.05, 3.63) is 205 Å². The maximum Gasteiger partial charge on any atom is 0.0548 e. The predicted octanol–water partition coefficient (Wildman–Crippen LogP) is 14.1. The number of aromatic nitrogens is 3. The summed E-state index contributed by atoms with van der Waals surface area (Å²) in [6.07, 6.45) is 21.0. The molecule has 2 aliphatic carbocycles. The van der Waals surface area contributed by atoms with Crippen molar-refractivity contribution in [3.8, 4) is 17.1 Å². The molecule has 1 aliphatic heterocycles. The van der Waals surface area contributed by atoms with Crippen LogP contribution in [0.2, 0.25) is 0 Å². The standard InChI is InChI=1S/C55H42N4/c1-36-24-29-47-44(35-36)55-51(33-32-50-54(55)43-21-10-12-23-46(43)58(50)40-18-7-4-8-19-40)59(47)41-27-25-38(26-28-41)56-34-14-13-15-37(2)52-48(56)30-31-49-53(52)42-20-9-11-22-45(42)57(49)39-16-5-3-6-17-39/h3-10,12-21,23-34,36H,2,11,22,35H2,1H3/b15-13-,34-14-. The van der Waals surface area contributed by atoms with Crippen LogP contribution in [-0.4, -0.2) is 13.7 Å². The van der Waals surface area contributed by atoms with Gasteiger partial charge in [-0.2, -0.15) is 0 Å². The number of hydrogen-bond acceptors (Lipinski definition) is 1. The Labute approximate surface area is 343 Å². The van der Waals surface area contributed by atoms with Crippen LogP contribution in [-0.2, 0) is 12.8 Å². The number of fused-ring (bicyclic) bond motifs is 12. The molecule has 9 aromatic rings. The van der Waals surface area contributed by atoms with Crippen molar-refractivity contribution in [2.24, 2.45) is 5.92 Å². The van der Waals surface area contributed by atoms with E-state index in [9.17, 15) is 0 Å². The topological polar surface area (TPSA) is 18.0 Å². The predicted molar refractivity (Wildman–Crippen MR) is 250 cm³/mol. The van der Waals surface area contributed by atoms with Crippen LogP contribution >= 0.6 is 0 Å². The van der Waals surface area contributed by atoms with Gasteiger partial charge in [-0.25, -0.2) is 0 Å². The zero-order valence-corrected chi connectivity index (χ0v) is 33.0. The molecule has 4 heterocycles. The molecular weight excluding hydrogens is 717 g/mol. The largest absolute Gasteiger partial charge is 0.317 e. The average Bonchev–Trinajstić information content (AvgIpc) is 3.91. The summed E-state index contributed by atoms with van der Waals surface area (Å²) in [6.45, 7) is 6.99. The molecule has 1 atom stereocenters. The van der Waals surface area contributed by atoms with Crippen molar-refractivity contribution >= 4 is 72.7 Å². The molecule has 3 aliphatic rings. The summed E-state index contributed by atoms with van der Waals surface area (Å²) in [5, 5.41) is 5.24. The molecular formula is C55H42N4. The number of nitrogens with zero attached hydrogens (tertiary/aromatic N) is 4. The van der Waals surface area contributed by atoms with Gasteiger partial charge in [-0.3, -0.25) is 0 Å². The van der Waals surface area contributed by atoms with Crippen molar-refractivity contribution in [1.82, 2.24) is 13.7 Å². The van der Waals surface area contributed by atoms with Crippen LogP contribution in [0.3, 0.4) is 0 Å². The van der Waals surface area contributed by atoms with Crippen molar-refractivity contribution in [2.45, 2.75) is 26.2 Å². The SMILES string of the molecule is C=C1/C=C\C=C/N(c2ccc(-n3c4c(c5c6c7ccccc7n(-c7ccccc7)c6ccc53)CC(C)C=C4)cc2)c2ccc3c(c4c(n3-c3ccccc3)CCC=C4)c21. The Kier molecular flexibility index (Phi) is 7.52. The third kappa shape index (κ3) is 5.02. The Morgan fingerprint density at radius 2 is 1.22 bits per heavy atom. The summed E-state index contributed by atoms with van der Waals surface area (Å²) >= 11 is 0. The molecule has 6 aromatic carbocycles. The Morgan fingerprint density at radius 1 is 0.559 bits per heavy atom. The lowest BCUT2D eigenvalue weighted by molar-refractivity contribution is 0.718. The fourth-order valence-corrected chi connectivity index (χ4v) is 10.2. The molecule has 4 heteroatoms. The average molecular weight is 759 g/mol. The fourth-order valence-electron chi connectivity index (χ4n) is 10.2. The maximum absolute atomic E-state index is 4.66. The molecule has 0 N–H and O–H groups in total. The fraction of sp³-hybridized carbons (Fsp3) is 0.0909. The first-order valence-corrected chi connectivity index (χ1v) is 20.8. The second kappa shape index (κ2) is 13.1. The Morgan fingerprint density at radius 3 is 2.02 bits per heavy atom. The third-order valence-corrected chi connectivity index (χ3v) is 12.7. The summed E-state index contributed by atoms with van der Waals surface area (Å²) in [5.74, 6) is 0.460. The second-order valence-corrected chi connectivity index (χ2v) is 16.2. The van der Waals surface area contributed by atoms with Gasteiger partial charge in [-0.1, -0.05) is 98.5 Å². The summed E-state index contributed by atoms with van der Waals surface area (Å²) in [7, 11) is 0. The molecule has 1 unspecified atom stereocenters. The Bertz CT molecular complexity index is 3310. The summed E-state index contributed by atoms with van der Waals surface area (Å²) < 4.78 is 7.38. The highest BCUT2D eigenvalue weighted by molar-refractivity contribution is 6.23. The zero-order chi connectivity index (χ0) is 39.2. The number of hydrogen-bond donors (Lipinski definition) is 0. The van der Waals surface area contributed by atoms with E-state index in [0.717, 1.165) is 41.9 Å². The number of benzene rings is 6. The van der Waals surface area contributed by atoms with E-state index in [2.05, 4.69) is 214 Å². The van der Waals surface area contributed by atoms with Gasteiger partial charge < -0.3 is 18.6 Å². The minimum absolute atomic E-state index is 0.460. The third-order valence-electron chi connectivity index (χ3n) is 12.7. The first-order chi connectivity index (χ1) is 29.1. The van der Waals surface area contributed by atoms with Crippen molar-refractivity contribution < 1.29 is 0 Å². The van der Waals surface area contributed by atoms with Crippen molar-refractivity contribution in [1.29, 1.82) is 0 Å². The van der Waals surface area contributed by atoms with Crippen molar-refractivity contribution in [2.75, 3.05) is 4.90 Å². The molecule has 3 aromatic heterocycles. The lowest BCUT2D eigenvalue weighted by Crippen LogP contribution is -2.12. The zero-order valence-electron chi connectivity index (χ0n) is 33.0. The monoisotopic (exact) mass is 758 g/mol. The van der Waals surface area contributed by atoms with Crippen molar-refractivity contribution in [3.63, 3.8) is 0 Å². The highest BCUT2D eigenvalue weighted by Crippen LogP contribution is 2.46. The van der Waals surface area contributed by atoms with E-state index in [-0.39, 0.29) is 0 Å². The highest BCUT2D eigenvalue weighted by Gasteiger charge is 2.28. The molecule has 12 rings (SSSR count). The lowest BCUT2D eigenvalue weighted by Gasteiger charge is -2.26. The van der Waals surface area contributed by atoms with E-state index in [0.29, 0.717) is 5.92 Å². The van der Waals surface area contributed by atoms with Crippen LogP contribution in [0.1, 0.15) is 41.4 Å². The Balaban J connectivity index is 1.03. The van der Waals surface area contributed by atoms with E-state index in [4.69, 9.17) is 0 Å². The number of rotatable bonds is 4. The van der Waals surface area contributed by atoms with Crippen LogP contribution in [0.5, 0.6) is 0 Å². The molecule has 59 heavy (non-hydrogen) atoms. The molecule has 0 radical (unpaired) electrons. The molecule has 0 bridgehead atoms. The van der Waals surface area contributed by atoms with Crippen LogP contribution in [0.25, 0.3) is 78.4 Å². The van der Waals surface area contributed by atoms with Gasteiger partial charge in [0.05, 0.1) is 27.8 Å². The molecule has 0 spiro atoms. The van der Waals surface area contributed by atoms with Gasteiger partial charge in [0.25, 0.3) is 0 Å². The molecule has 0 amide bonds. The van der Waals surface area contributed by atoms with Gasteiger partial charge in [0.1, 0.15) is 0 Å². The molecule has 0 saturated carbocycles. The smallest absolute Gasteiger partial charge is 0.0548 e. The van der Waals surface area contributed by atoms with E-state index in [1.165, 1.54) is 83.1 Å². The molecule has 282 valence electrons. The second-order valence-electron chi connectivity index (χ2n) is 16.2. The van der Waals surface area contributed by atoms with Crippen LogP contribution in [0, 0.1) is 5.92 Å². The van der Waals surface area contributed by atoms with Crippen LogP contribution < -0.4 is 4.90 Å². The van der Waals surface area contributed by atoms with E-state index < -0.39 is 0 Å². The van der Waals surface area contributed by atoms with Gasteiger partial charge in [-0.15, -0.1) is 0 Å². The Hall–Kier alpha value is -7.30. The number of para-hydroxylation sites is 3. The quantitative estimate of drug-likeness (QED) is 0.175. The van der Waals surface area contributed by atoms with Gasteiger partial charge in [0.2, 0.25) is 0 Å². The summed E-state index contributed by atoms with van der Waals surface area (Å²) in [4.78, 5) is 2.33. The minimum atomic E-state index is 0.460. The molecule has 0 fully saturated rings. The first kappa shape index (κ1) is 33.8. The number of allylic oxidation sites excluding steroid dienone is 6. The van der Waals surface area contributed by atoms with E-state index >= 15 is 0 Å². The van der Waals surface area contributed by atoms with Crippen LogP contribution in [0.4, 0.5) is 11.4 Å². The normalized spacial score (nSPS) is 17.0. The van der Waals surface area contributed by atoms with E-state index in [1.54, 1.807) is 0 Å².